The average Bonchev–Trinajstić information content (AvgIpc) is 3.13. The van der Waals surface area contributed by atoms with Gasteiger partial charge in [-0.25, -0.2) is 9.67 Å². The van der Waals surface area contributed by atoms with Gasteiger partial charge in [0.15, 0.2) is 0 Å². The highest BCUT2D eigenvalue weighted by Crippen LogP contribution is 2.20. The molecular formula is C19H28N4O2. The molecule has 0 radical (unpaired) electrons. The summed E-state index contributed by atoms with van der Waals surface area (Å²) in [6.07, 6.45) is 1.78. The molecule has 2 atom stereocenters. The third-order valence-electron chi connectivity index (χ3n) is 4.82. The Morgan fingerprint density at radius 3 is 2.80 bits per heavy atom. The molecule has 1 aromatic heterocycles. The molecule has 1 fully saturated rings. The second kappa shape index (κ2) is 7.97. The molecule has 1 N–H and O–H groups in total. The quantitative estimate of drug-likeness (QED) is 0.833. The Morgan fingerprint density at radius 2 is 2.08 bits per heavy atom. The van der Waals surface area contributed by atoms with E-state index in [9.17, 15) is 5.11 Å². The summed E-state index contributed by atoms with van der Waals surface area (Å²) >= 11 is 0. The summed E-state index contributed by atoms with van der Waals surface area (Å²) in [5.41, 5.74) is 1.09. The molecule has 0 spiro atoms. The number of benzene rings is 1. The molecule has 0 bridgehead atoms. The molecule has 1 aliphatic heterocycles. The molecule has 1 aliphatic rings. The third-order valence-corrected chi connectivity index (χ3v) is 4.82. The van der Waals surface area contributed by atoms with Crippen LogP contribution >= 0.6 is 0 Å². The first kappa shape index (κ1) is 17.9. The number of rotatable bonds is 7. The van der Waals surface area contributed by atoms with Crippen LogP contribution in [0.25, 0.3) is 0 Å². The number of aromatic nitrogens is 3. The van der Waals surface area contributed by atoms with Crippen LogP contribution in [0.1, 0.15) is 30.1 Å². The van der Waals surface area contributed by atoms with Crippen LogP contribution in [0.5, 0.6) is 5.75 Å². The normalized spacial score (nSPS) is 19.3. The van der Waals surface area contributed by atoms with E-state index in [4.69, 9.17) is 4.74 Å². The van der Waals surface area contributed by atoms with Crippen LogP contribution in [0.4, 0.5) is 0 Å². The van der Waals surface area contributed by atoms with Gasteiger partial charge in [-0.15, -0.1) is 0 Å². The van der Waals surface area contributed by atoms with Gasteiger partial charge in [0.1, 0.15) is 30.1 Å². The monoisotopic (exact) mass is 344 g/mol. The fourth-order valence-electron chi connectivity index (χ4n) is 3.50. The van der Waals surface area contributed by atoms with Crippen molar-refractivity contribution >= 4 is 0 Å². The second-order valence-electron chi connectivity index (χ2n) is 6.91. The van der Waals surface area contributed by atoms with Crippen LogP contribution in [0.15, 0.2) is 24.3 Å². The zero-order chi connectivity index (χ0) is 17.8. The van der Waals surface area contributed by atoms with E-state index in [1.807, 2.05) is 49.7 Å². The topological polar surface area (TPSA) is 63.4 Å². The predicted octanol–water partition coefficient (Wildman–Crippen LogP) is 2.11. The lowest BCUT2D eigenvalue weighted by molar-refractivity contribution is 0.0606. The number of hydrogen-bond acceptors (Lipinski definition) is 5. The SMILES string of the molecule is Cc1nc(C)n(CC2CCCN2CC(O)COc2ccccc2C)n1. The molecule has 1 saturated heterocycles. The first-order valence-electron chi connectivity index (χ1n) is 9.01. The highest BCUT2D eigenvalue weighted by atomic mass is 16.5. The van der Waals surface area contributed by atoms with Gasteiger partial charge in [0.25, 0.3) is 0 Å². The minimum Gasteiger partial charge on any atom is -0.491 e. The Balaban J connectivity index is 1.52. The first-order valence-corrected chi connectivity index (χ1v) is 9.01. The zero-order valence-electron chi connectivity index (χ0n) is 15.4. The summed E-state index contributed by atoms with van der Waals surface area (Å²) in [6, 6.07) is 8.29. The standard InChI is InChI=1S/C19H28N4O2/c1-14-7-4-5-9-19(14)25-13-18(24)12-22-10-6-8-17(22)11-23-16(3)20-15(2)21-23/h4-5,7,9,17-18,24H,6,8,10-13H2,1-3H3. The predicted molar refractivity (Wildman–Crippen MR) is 96.8 cm³/mol. The molecule has 3 rings (SSSR count). The van der Waals surface area contributed by atoms with Crippen LogP contribution in [-0.4, -0.2) is 56.6 Å². The lowest BCUT2D eigenvalue weighted by Crippen LogP contribution is -2.40. The van der Waals surface area contributed by atoms with Gasteiger partial charge in [-0.2, -0.15) is 5.10 Å². The van der Waals surface area contributed by atoms with Crippen molar-refractivity contribution in [1.29, 1.82) is 0 Å². The van der Waals surface area contributed by atoms with Gasteiger partial charge in [-0.3, -0.25) is 4.90 Å². The number of likely N-dealkylation sites (tertiary alicyclic amines) is 1. The molecule has 6 heteroatoms. The molecule has 6 nitrogen and oxygen atoms in total. The molecule has 0 amide bonds. The second-order valence-corrected chi connectivity index (χ2v) is 6.91. The van der Waals surface area contributed by atoms with Gasteiger partial charge in [-0.05, 0) is 51.8 Å². The van der Waals surface area contributed by atoms with Crippen LogP contribution in [-0.2, 0) is 6.54 Å². The molecule has 0 aliphatic carbocycles. The maximum Gasteiger partial charge on any atom is 0.147 e. The van der Waals surface area contributed by atoms with Crippen molar-refractivity contribution in [3.05, 3.63) is 41.5 Å². The summed E-state index contributed by atoms with van der Waals surface area (Å²) < 4.78 is 7.76. The fourth-order valence-corrected chi connectivity index (χ4v) is 3.50. The Bertz CT molecular complexity index is 700. The number of para-hydroxylation sites is 1. The van der Waals surface area contributed by atoms with Gasteiger partial charge in [0.05, 0.1) is 6.54 Å². The summed E-state index contributed by atoms with van der Waals surface area (Å²) in [5, 5.41) is 14.9. The van der Waals surface area contributed by atoms with Crippen LogP contribution in [0.3, 0.4) is 0 Å². The molecular weight excluding hydrogens is 316 g/mol. The molecule has 136 valence electrons. The van der Waals surface area contributed by atoms with Gasteiger partial charge >= 0.3 is 0 Å². The molecule has 0 saturated carbocycles. The van der Waals surface area contributed by atoms with E-state index in [0.717, 1.165) is 48.9 Å². The molecule has 2 heterocycles. The van der Waals surface area contributed by atoms with Gasteiger partial charge in [0, 0.05) is 12.6 Å². The van der Waals surface area contributed by atoms with E-state index in [0.29, 0.717) is 19.2 Å². The van der Waals surface area contributed by atoms with Crippen LogP contribution < -0.4 is 4.74 Å². The lowest BCUT2D eigenvalue weighted by Gasteiger charge is -2.27. The largest absolute Gasteiger partial charge is 0.491 e. The number of aryl methyl sites for hydroxylation is 3. The maximum absolute atomic E-state index is 10.4. The minimum absolute atomic E-state index is 0.315. The van der Waals surface area contributed by atoms with Crippen molar-refractivity contribution in [2.45, 2.75) is 52.3 Å². The number of β-amino-alcohol motifs (C(OH)–C–C–N with tert-alkyl or cyclic N) is 1. The number of hydrogen-bond donors (Lipinski definition) is 1. The average molecular weight is 344 g/mol. The van der Waals surface area contributed by atoms with E-state index in [2.05, 4.69) is 15.0 Å². The van der Waals surface area contributed by atoms with Gasteiger partial charge in [-0.1, -0.05) is 18.2 Å². The Morgan fingerprint density at radius 1 is 1.28 bits per heavy atom. The number of aliphatic hydroxyl groups is 1. The maximum atomic E-state index is 10.4. The van der Waals surface area contributed by atoms with Gasteiger partial charge in [0.2, 0.25) is 0 Å². The van der Waals surface area contributed by atoms with Crippen molar-refractivity contribution < 1.29 is 9.84 Å². The third kappa shape index (κ3) is 4.58. The van der Waals surface area contributed by atoms with Crippen molar-refractivity contribution in [3.8, 4) is 5.75 Å². The van der Waals surface area contributed by atoms with Gasteiger partial charge < -0.3 is 9.84 Å². The molecule has 2 unspecified atom stereocenters. The van der Waals surface area contributed by atoms with Crippen LogP contribution in [0, 0.1) is 20.8 Å². The van der Waals surface area contributed by atoms with E-state index in [1.54, 1.807) is 0 Å². The van der Waals surface area contributed by atoms with Crippen molar-refractivity contribution in [3.63, 3.8) is 0 Å². The molecule has 2 aromatic rings. The molecule has 1 aromatic carbocycles. The van der Waals surface area contributed by atoms with Crippen molar-refractivity contribution in [1.82, 2.24) is 19.7 Å². The van der Waals surface area contributed by atoms with E-state index < -0.39 is 6.10 Å². The number of aliphatic hydroxyl groups excluding tert-OH is 1. The highest BCUT2D eigenvalue weighted by molar-refractivity contribution is 5.31. The fraction of sp³-hybridized carbons (Fsp3) is 0.579. The van der Waals surface area contributed by atoms with Crippen LogP contribution in [0.2, 0.25) is 0 Å². The zero-order valence-corrected chi connectivity index (χ0v) is 15.4. The highest BCUT2D eigenvalue weighted by Gasteiger charge is 2.27. The molecule has 25 heavy (non-hydrogen) atoms. The summed E-state index contributed by atoms with van der Waals surface area (Å²) in [6.45, 7) is 8.71. The Labute approximate surface area is 149 Å². The Hall–Kier alpha value is -1.92. The summed E-state index contributed by atoms with van der Waals surface area (Å²) in [5.74, 6) is 2.61. The smallest absolute Gasteiger partial charge is 0.147 e. The van der Waals surface area contributed by atoms with E-state index in [1.165, 1.54) is 0 Å². The van der Waals surface area contributed by atoms with E-state index >= 15 is 0 Å². The number of nitrogens with zero attached hydrogens (tertiary/aromatic N) is 4. The van der Waals surface area contributed by atoms with E-state index in [-0.39, 0.29) is 0 Å². The van der Waals surface area contributed by atoms with Crippen molar-refractivity contribution in [2.24, 2.45) is 0 Å². The lowest BCUT2D eigenvalue weighted by atomic mass is 10.2. The summed E-state index contributed by atoms with van der Waals surface area (Å²) in [4.78, 5) is 6.72. The first-order chi connectivity index (χ1) is 12.0. The number of ether oxygens (including phenoxy) is 1. The van der Waals surface area contributed by atoms with Crippen molar-refractivity contribution in [2.75, 3.05) is 19.7 Å². The summed E-state index contributed by atoms with van der Waals surface area (Å²) in [7, 11) is 0. The Kier molecular flexibility index (Phi) is 5.71. The minimum atomic E-state index is -0.501.